The van der Waals surface area contributed by atoms with Crippen LogP contribution in [0.3, 0.4) is 0 Å². The topological polar surface area (TPSA) is 96.0 Å². The number of ether oxygens (including phenoxy) is 2. The van der Waals surface area contributed by atoms with Gasteiger partial charge in [-0.2, -0.15) is 0 Å². The molecule has 3 rings (SSSR count). The highest BCUT2D eigenvalue weighted by Gasteiger charge is 2.15. The molecule has 0 fully saturated rings. The monoisotopic (exact) mass is 309 g/mol. The van der Waals surface area contributed by atoms with E-state index in [1.165, 1.54) is 0 Å². The van der Waals surface area contributed by atoms with Gasteiger partial charge in [0.1, 0.15) is 0 Å². The first-order valence-corrected chi connectivity index (χ1v) is 6.91. The van der Waals surface area contributed by atoms with Gasteiger partial charge in [0.25, 0.3) is 0 Å². The fraction of sp³-hybridized carbons (Fsp3) is 0.125. The molecule has 2 aromatic heterocycles. The Kier molecular flexibility index (Phi) is 4.01. The summed E-state index contributed by atoms with van der Waals surface area (Å²) >= 11 is 0. The van der Waals surface area contributed by atoms with Crippen LogP contribution in [0.15, 0.2) is 42.7 Å². The molecule has 0 saturated carbocycles. The Morgan fingerprint density at radius 2 is 1.61 bits per heavy atom. The first kappa shape index (κ1) is 14.7. The zero-order chi connectivity index (χ0) is 16.2. The molecule has 0 atom stereocenters. The first-order chi connectivity index (χ1) is 11.2. The van der Waals surface area contributed by atoms with E-state index >= 15 is 0 Å². The van der Waals surface area contributed by atoms with Gasteiger partial charge in [0.2, 0.25) is 0 Å². The Bertz CT molecular complexity index is 801. The second-order valence-electron chi connectivity index (χ2n) is 4.67. The molecule has 0 saturated heterocycles. The highest BCUT2D eigenvalue weighted by atomic mass is 16.5. The molecular weight excluding hydrogens is 294 g/mol. The number of para-hydroxylation sites is 2. The van der Waals surface area contributed by atoms with Crippen molar-refractivity contribution in [3.63, 3.8) is 0 Å². The number of benzene rings is 1. The van der Waals surface area contributed by atoms with Crippen molar-refractivity contribution in [2.24, 2.45) is 0 Å². The fourth-order valence-electron chi connectivity index (χ4n) is 2.04. The van der Waals surface area contributed by atoms with Gasteiger partial charge in [-0.3, -0.25) is 0 Å². The van der Waals surface area contributed by atoms with E-state index in [0.29, 0.717) is 34.6 Å². The van der Waals surface area contributed by atoms with Crippen molar-refractivity contribution >= 4 is 5.82 Å². The number of methoxy groups -OCH3 is 1. The molecule has 0 unspecified atom stereocenters. The lowest BCUT2D eigenvalue weighted by Crippen LogP contribution is -2.04. The van der Waals surface area contributed by atoms with Crippen LogP contribution in [0.5, 0.6) is 17.2 Å². The average molecular weight is 309 g/mol. The smallest absolute Gasteiger partial charge is 0.200 e. The average Bonchev–Trinajstić information content (AvgIpc) is 2.59. The van der Waals surface area contributed by atoms with Gasteiger partial charge >= 0.3 is 0 Å². The Balaban J connectivity index is 1.98. The molecular formula is C16H15N5O2. The van der Waals surface area contributed by atoms with Crippen LogP contribution < -0.4 is 15.2 Å². The number of aryl methyl sites for hydroxylation is 1. The van der Waals surface area contributed by atoms with Crippen molar-refractivity contribution in [3.05, 3.63) is 48.4 Å². The molecule has 2 N–H and O–H groups in total. The minimum absolute atomic E-state index is 0.214. The third-order valence-electron chi connectivity index (χ3n) is 3.11. The largest absolute Gasteiger partial charge is 0.493 e. The van der Waals surface area contributed by atoms with E-state index in [0.717, 1.165) is 0 Å². The van der Waals surface area contributed by atoms with Crippen LogP contribution in [0.25, 0.3) is 11.6 Å². The van der Waals surface area contributed by atoms with E-state index in [-0.39, 0.29) is 5.82 Å². The second-order valence-corrected chi connectivity index (χ2v) is 4.67. The fourth-order valence-corrected chi connectivity index (χ4v) is 2.04. The first-order valence-electron chi connectivity index (χ1n) is 6.91. The lowest BCUT2D eigenvalue weighted by molar-refractivity contribution is 0.377. The molecule has 23 heavy (non-hydrogen) atoms. The van der Waals surface area contributed by atoms with Gasteiger partial charge in [-0.15, -0.1) is 0 Å². The molecule has 1 aromatic carbocycles. The molecule has 0 amide bonds. The minimum Gasteiger partial charge on any atom is -0.493 e. The van der Waals surface area contributed by atoms with E-state index in [9.17, 15) is 0 Å². The molecule has 0 bridgehead atoms. The number of anilines is 1. The van der Waals surface area contributed by atoms with E-state index in [2.05, 4.69) is 19.9 Å². The van der Waals surface area contributed by atoms with Gasteiger partial charge in [0, 0.05) is 12.4 Å². The number of nitrogens with zero attached hydrogens (tertiary/aromatic N) is 4. The van der Waals surface area contributed by atoms with Gasteiger partial charge in [-0.05, 0) is 25.1 Å². The third-order valence-corrected chi connectivity index (χ3v) is 3.11. The highest BCUT2D eigenvalue weighted by molar-refractivity contribution is 5.57. The lowest BCUT2D eigenvalue weighted by Gasteiger charge is -2.13. The Morgan fingerprint density at radius 3 is 2.26 bits per heavy atom. The Labute approximate surface area is 133 Å². The van der Waals surface area contributed by atoms with Crippen molar-refractivity contribution in [1.82, 2.24) is 19.9 Å². The van der Waals surface area contributed by atoms with Crippen molar-refractivity contribution in [2.45, 2.75) is 6.92 Å². The number of hydrogen-bond donors (Lipinski definition) is 1. The van der Waals surface area contributed by atoms with Crippen LogP contribution in [0.4, 0.5) is 5.82 Å². The minimum atomic E-state index is 0.214. The summed E-state index contributed by atoms with van der Waals surface area (Å²) in [5.74, 6) is 2.50. The molecule has 7 nitrogen and oxygen atoms in total. The zero-order valence-electron chi connectivity index (χ0n) is 12.7. The van der Waals surface area contributed by atoms with E-state index < -0.39 is 0 Å². The van der Waals surface area contributed by atoms with Gasteiger partial charge in [0.15, 0.2) is 34.7 Å². The molecule has 3 aromatic rings. The van der Waals surface area contributed by atoms with Gasteiger partial charge < -0.3 is 15.2 Å². The van der Waals surface area contributed by atoms with Crippen LogP contribution >= 0.6 is 0 Å². The summed E-state index contributed by atoms with van der Waals surface area (Å²) in [4.78, 5) is 16.8. The van der Waals surface area contributed by atoms with E-state index in [1.54, 1.807) is 44.6 Å². The third kappa shape index (κ3) is 3.03. The zero-order valence-corrected chi connectivity index (χ0v) is 12.7. The summed E-state index contributed by atoms with van der Waals surface area (Å²) in [6.45, 7) is 1.79. The second kappa shape index (κ2) is 6.27. The summed E-state index contributed by atoms with van der Waals surface area (Å²) in [6, 6.07) is 9.00. The van der Waals surface area contributed by atoms with Crippen molar-refractivity contribution in [2.75, 3.05) is 12.8 Å². The number of nitrogens with two attached hydrogens (primary N) is 1. The van der Waals surface area contributed by atoms with Gasteiger partial charge in [0.05, 0.1) is 12.8 Å². The molecule has 2 heterocycles. The Morgan fingerprint density at radius 1 is 0.913 bits per heavy atom. The molecule has 0 aliphatic rings. The van der Waals surface area contributed by atoms with E-state index in [1.807, 2.05) is 12.1 Å². The number of aromatic nitrogens is 4. The quantitative estimate of drug-likeness (QED) is 0.791. The summed E-state index contributed by atoms with van der Waals surface area (Å²) < 4.78 is 11.1. The standard InChI is InChI=1S/C16H15N5O2/c1-10-13(23-12-7-4-3-6-11(12)22-2)14(17)21-16(20-10)15-18-8-5-9-19-15/h3-9H,1-2H3,(H2,17,20,21). The van der Waals surface area contributed by atoms with E-state index in [4.69, 9.17) is 15.2 Å². The van der Waals surface area contributed by atoms with Crippen molar-refractivity contribution in [3.8, 4) is 28.9 Å². The summed E-state index contributed by atoms with van der Waals surface area (Å²) in [5.41, 5.74) is 6.62. The number of rotatable bonds is 4. The highest BCUT2D eigenvalue weighted by Crippen LogP contribution is 2.35. The normalized spacial score (nSPS) is 10.3. The summed E-state index contributed by atoms with van der Waals surface area (Å²) in [5, 5.41) is 0. The van der Waals surface area contributed by atoms with Crippen LogP contribution in [-0.4, -0.2) is 27.0 Å². The Hall–Kier alpha value is -3.22. The molecule has 0 aliphatic heterocycles. The summed E-state index contributed by atoms with van der Waals surface area (Å²) in [6.07, 6.45) is 3.24. The van der Waals surface area contributed by atoms with Crippen LogP contribution in [0.2, 0.25) is 0 Å². The van der Waals surface area contributed by atoms with Gasteiger partial charge in [-0.1, -0.05) is 12.1 Å². The summed E-state index contributed by atoms with van der Waals surface area (Å²) in [7, 11) is 1.57. The predicted molar refractivity (Wildman–Crippen MR) is 85.3 cm³/mol. The van der Waals surface area contributed by atoms with Crippen LogP contribution in [-0.2, 0) is 0 Å². The number of hydrogen-bond acceptors (Lipinski definition) is 7. The SMILES string of the molecule is COc1ccccc1Oc1c(C)nc(-c2ncccn2)nc1N. The number of nitrogen functional groups attached to an aromatic ring is 1. The molecule has 0 spiro atoms. The maximum Gasteiger partial charge on any atom is 0.200 e. The van der Waals surface area contributed by atoms with Gasteiger partial charge in [-0.25, -0.2) is 19.9 Å². The van der Waals surface area contributed by atoms with Crippen LogP contribution in [0.1, 0.15) is 5.69 Å². The van der Waals surface area contributed by atoms with Crippen LogP contribution in [0, 0.1) is 6.92 Å². The van der Waals surface area contributed by atoms with Crippen molar-refractivity contribution < 1.29 is 9.47 Å². The molecule has 7 heteroatoms. The maximum absolute atomic E-state index is 6.03. The molecule has 116 valence electrons. The predicted octanol–water partition coefficient (Wildman–Crippen LogP) is 2.63. The van der Waals surface area contributed by atoms with Crippen molar-refractivity contribution in [1.29, 1.82) is 0 Å². The molecule has 0 radical (unpaired) electrons. The lowest BCUT2D eigenvalue weighted by atomic mass is 10.3. The maximum atomic E-state index is 6.03. The molecule has 0 aliphatic carbocycles.